The highest BCUT2D eigenvalue weighted by molar-refractivity contribution is 5.81. The molecule has 0 saturated carbocycles. The number of hydrogen-bond acceptors (Lipinski definition) is 13. The Balaban J connectivity index is 0.000000181. The van der Waals surface area contributed by atoms with Crippen LogP contribution in [0.5, 0.6) is 0 Å². The summed E-state index contributed by atoms with van der Waals surface area (Å²) < 4.78 is 6.79. The maximum atomic E-state index is 11.4. The molecule has 19 nitrogen and oxygen atoms in total. The van der Waals surface area contributed by atoms with Gasteiger partial charge in [-0.2, -0.15) is 9.97 Å². The zero-order chi connectivity index (χ0) is 37.4. The molecule has 0 atom stereocenters. The minimum absolute atomic E-state index is 0.0769. The zero-order valence-corrected chi connectivity index (χ0v) is 29.6. The summed E-state index contributed by atoms with van der Waals surface area (Å²) in [5.41, 5.74) is 18.0. The van der Waals surface area contributed by atoms with Gasteiger partial charge < -0.3 is 26.3 Å². The van der Waals surface area contributed by atoms with Crippen LogP contribution in [0.4, 0.5) is 17.6 Å². The first-order chi connectivity index (χ1) is 23.4. The van der Waals surface area contributed by atoms with E-state index in [1.807, 2.05) is 46.1 Å². The molecule has 0 amide bonds. The van der Waals surface area contributed by atoms with E-state index >= 15 is 0 Å². The van der Waals surface area contributed by atoms with Gasteiger partial charge in [0.15, 0.2) is 22.6 Å². The van der Waals surface area contributed by atoms with Crippen LogP contribution in [0, 0.1) is 6.92 Å². The molecule has 268 valence electrons. The van der Waals surface area contributed by atoms with Crippen molar-refractivity contribution in [3.05, 3.63) is 84.7 Å². The van der Waals surface area contributed by atoms with Crippen molar-refractivity contribution >= 4 is 39.9 Å². The fourth-order valence-electron chi connectivity index (χ4n) is 4.36. The number of nitrogens with one attached hydrogen (secondary N) is 2. The molecular formula is C31H45N15O4. The highest BCUT2D eigenvalue weighted by Crippen LogP contribution is 2.17. The van der Waals surface area contributed by atoms with Crippen LogP contribution in [-0.2, 0) is 0 Å². The Kier molecular flexibility index (Phi) is 12.5. The monoisotopic (exact) mass is 691 g/mol. The molecule has 0 fully saturated rings. The van der Waals surface area contributed by atoms with Crippen LogP contribution < -0.4 is 39.7 Å². The molecular weight excluding hydrogens is 646 g/mol. The van der Waals surface area contributed by atoms with E-state index in [4.69, 9.17) is 17.2 Å². The predicted molar refractivity (Wildman–Crippen MR) is 193 cm³/mol. The van der Waals surface area contributed by atoms with Gasteiger partial charge in [-0.3, -0.25) is 28.7 Å². The lowest BCUT2D eigenvalue weighted by molar-refractivity contribution is 0.558. The Labute approximate surface area is 286 Å². The molecule has 6 rings (SSSR count). The Morgan fingerprint density at radius 3 is 1.76 bits per heavy atom. The molecule has 6 heterocycles. The van der Waals surface area contributed by atoms with Gasteiger partial charge in [-0.05, 0) is 68.4 Å². The third-order valence-corrected chi connectivity index (χ3v) is 7.06. The molecule has 19 heteroatoms. The number of nitrogens with zero attached hydrogens (tertiary/aromatic N) is 10. The second kappa shape index (κ2) is 16.3. The van der Waals surface area contributed by atoms with Crippen molar-refractivity contribution in [2.45, 2.75) is 86.5 Å². The normalized spacial score (nSPS) is 11.0. The summed E-state index contributed by atoms with van der Waals surface area (Å²) in [6, 6.07) is 2.36. The Morgan fingerprint density at radius 2 is 1.20 bits per heavy atom. The van der Waals surface area contributed by atoms with Crippen LogP contribution in [0.15, 0.2) is 56.6 Å². The summed E-state index contributed by atoms with van der Waals surface area (Å²) >= 11 is 0. The highest BCUT2D eigenvalue weighted by Gasteiger charge is 2.11. The van der Waals surface area contributed by atoms with Crippen LogP contribution in [0.2, 0.25) is 0 Å². The van der Waals surface area contributed by atoms with Gasteiger partial charge in [0.25, 0.3) is 11.1 Å². The molecule has 0 aliphatic heterocycles. The van der Waals surface area contributed by atoms with E-state index in [2.05, 4.69) is 53.7 Å². The van der Waals surface area contributed by atoms with Crippen LogP contribution >= 0.6 is 0 Å². The Morgan fingerprint density at radius 1 is 0.640 bits per heavy atom. The minimum Gasteiger partial charge on any atom is -0.383 e. The highest BCUT2D eigenvalue weighted by atomic mass is 16.2. The number of nitrogen functional groups attached to an aromatic ring is 3. The second-order valence-corrected chi connectivity index (χ2v) is 12.3. The molecule has 6 aromatic heterocycles. The molecule has 0 aliphatic rings. The van der Waals surface area contributed by atoms with Crippen molar-refractivity contribution in [3.8, 4) is 0 Å². The fourth-order valence-corrected chi connectivity index (χ4v) is 4.36. The lowest BCUT2D eigenvalue weighted by atomic mass is 10.3. The Hall–Kier alpha value is -6.14. The van der Waals surface area contributed by atoms with E-state index in [9.17, 15) is 19.2 Å². The minimum atomic E-state index is -0.347. The summed E-state index contributed by atoms with van der Waals surface area (Å²) in [4.78, 5) is 72.9. The molecule has 50 heavy (non-hydrogen) atoms. The van der Waals surface area contributed by atoms with Crippen molar-refractivity contribution in [2.24, 2.45) is 0 Å². The van der Waals surface area contributed by atoms with Crippen LogP contribution in [0.3, 0.4) is 0 Å². The van der Waals surface area contributed by atoms with E-state index in [-0.39, 0.29) is 52.4 Å². The molecule has 0 bridgehead atoms. The van der Waals surface area contributed by atoms with Crippen molar-refractivity contribution < 1.29 is 0 Å². The topological polar surface area (TPSA) is 275 Å². The van der Waals surface area contributed by atoms with Crippen molar-refractivity contribution in [2.75, 3.05) is 17.2 Å². The number of imidazole rings is 2. The number of fused-ring (bicyclic) bond motifs is 2. The van der Waals surface area contributed by atoms with Crippen LogP contribution in [0.1, 0.15) is 85.1 Å². The largest absolute Gasteiger partial charge is 0.383 e. The molecule has 0 unspecified atom stereocenters. The SMILES string of the molecule is CC(C)n1ccc(N)nc1=O.CC(C)n1cnc2c(=O)[nH]c(N)nc21.CC(C)n1cnc2c(N)ncnc21.Cc1cn(C(C)C)c(=O)[nH]c1=O. The zero-order valence-electron chi connectivity index (χ0n) is 29.6. The standard InChI is InChI=1S/C8H11N5O.C8H11N5.C8H12N2O2.C7H11N3O/c1-4(2)13-3-10-5-6(13)11-8(9)12-7(5)14;1-5(2)13-4-12-6-7(9)10-3-11-8(6)13;1-5(2)10-4-6(3)7(11)9-8(10)12;1-5(2)10-4-3-6(8)9-7(10)11/h3-4H,1-2H3,(H3,9,11,12,14);3-5H,1-2H3,(H2,9,10,11);4-5H,1-3H3,(H,9,11,12);3-5H,1-2H3,(H2,8,9,11). The van der Waals surface area contributed by atoms with Gasteiger partial charge in [0.2, 0.25) is 5.95 Å². The maximum Gasteiger partial charge on any atom is 0.349 e. The molecule has 0 saturated heterocycles. The first-order valence-corrected chi connectivity index (χ1v) is 15.7. The van der Waals surface area contributed by atoms with Crippen LogP contribution in [-0.4, -0.2) is 58.1 Å². The van der Waals surface area contributed by atoms with Gasteiger partial charge >= 0.3 is 11.4 Å². The van der Waals surface area contributed by atoms with E-state index in [1.54, 1.807) is 42.6 Å². The fraction of sp³-hybridized carbons (Fsp3) is 0.419. The maximum absolute atomic E-state index is 11.4. The number of nitrogens with two attached hydrogens (primary N) is 3. The summed E-state index contributed by atoms with van der Waals surface area (Å²) in [7, 11) is 0. The smallest absolute Gasteiger partial charge is 0.349 e. The Bertz CT molecular complexity index is 2290. The quantitative estimate of drug-likeness (QED) is 0.177. The third kappa shape index (κ3) is 9.26. The third-order valence-electron chi connectivity index (χ3n) is 7.06. The molecule has 8 N–H and O–H groups in total. The van der Waals surface area contributed by atoms with Crippen molar-refractivity contribution in [1.82, 2.24) is 58.1 Å². The summed E-state index contributed by atoms with van der Waals surface area (Å²) in [6.07, 6.45) is 8.01. The number of aromatic nitrogens is 12. The number of hydrogen-bond donors (Lipinski definition) is 5. The average Bonchev–Trinajstić information content (AvgIpc) is 3.66. The number of H-pyrrole nitrogens is 2. The number of anilines is 3. The van der Waals surface area contributed by atoms with Gasteiger partial charge in [-0.25, -0.2) is 29.5 Å². The predicted octanol–water partition coefficient (Wildman–Crippen LogP) is 2.10. The second-order valence-electron chi connectivity index (χ2n) is 12.3. The van der Waals surface area contributed by atoms with Gasteiger partial charge in [0.05, 0.1) is 12.7 Å². The van der Waals surface area contributed by atoms with E-state index in [1.165, 1.54) is 15.5 Å². The van der Waals surface area contributed by atoms with Gasteiger partial charge in [-0.15, -0.1) is 0 Å². The van der Waals surface area contributed by atoms with Gasteiger partial charge in [0.1, 0.15) is 17.7 Å². The number of aryl methyl sites for hydroxylation is 1. The van der Waals surface area contributed by atoms with Crippen molar-refractivity contribution in [3.63, 3.8) is 0 Å². The van der Waals surface area contributed by atoms with Crippen LogP contribution in [0.25, 0.3) is 22.3 Å². The molecule has 6 aromatic rings. The summed E-state index contributed by atoms with van der Waals surface area (Å²) in [5, 5.41) is 0. The molecule has 0 aliphatic carbocycles. The molecule has 0 spiro atoms. The lowest BCUT2D eigenvalue weighted by Gasteiger charge is -2.08. The average molecular weight is 692 g/mol. The van der Waals surface area contributed by atoms with E-state index < -0.39 is 0 Å². The summed E-state index contributed by atoms with van der Waals surface area (Å²) in [5.74, 6) is 0.821. The lowest BCUT2D eigenvalue weighted by Crippen LogP contribution is -2.31. The number of aromatic amines is 2. The first kappa shape index (κ1) is 38.3. The number of rotatable bonds is 4. The van der Waals surface area contributed by atoms with Gasteiger partial charge in [-0.1, -0.05) is 0 Å². The summed E-state index contributed by atoms with van der Waals surface area (Å²) in [6.45, 7) is 17.4. The van der Waals surface area contributed by atoms with Crippen molar-refractivity contribution in [1.29, 1.82) is 0 Å². The van der Waals surface area contributed by atoms with E-state index in [0.717, 1.165) is 5.65 Å². The molecule has 0 aromatic carbocycles. The van der Waals surface area contributed by atoms with E-state index in [0.29, 0.717) is 34.1 Å². The first-order valence-electron chi connectivity index (χ1n) is 15.7. The molecule has 0 radical (unpaired) electrons. The van der Waals surface area contributed by atoms with Gasteiger partial charge in [0, 0.05) is 42.1 Å².